The Labute approximate surface area is 108 Å². The zero-order chi connectivity index (χ0) is 12.7. The molecule has 0 saturated carbocycles. The standard InChI is InChI=1S/C14H9N5/c1-2-6-11-10(5-1)15-8-13(16-11)9-4-3-7-12-14(9)18-19-17-12/h1-8H,(H,17,18,19). The maximum atomic E-state index is 4.63. The van der Waals surface area contributed by atoms with E-state index in [1.54, 1.807) is 6.20 Å². The molecule has 2 aromatic carbocycles. The number of hydrogen-bond acceptors (Lipinski definition) is 4. The van der Waals surface area contributed by atoms with Crippen molar-refractivity contribution in [3.63, 3.8) is 0 Å². The molecule has 0 spiro atoms. The highest BCUT2D eigenvalue weighted by atomic mass is 15.3. The van der Waals surface area contributed by atoms with Crippen molar-refractivity contribution in [3.05, 3.63) is 48.7 Å². The fourth-order valence-electron chi connectivity index (χ4n) is 2.16. The molecule has 0 radical (unpaired) electrons. The summed E-state index contributed by atoms with van der Waals surface area (Å²) in [6.45, 7) is 0. The molecular weight excluding hydrogens is 238 g/mol. The van der Waals surface area contributed by atoms with Gasteiger partial charge in [0, 0.05) is 5.56 Å². The van der Waals surface area contributed by atoms with Gasteiger partial charge in [0.15, 0.2) is 0 Å². The minimum atomic E-state index is 0.804. The van der Waals surface area contributed by atoms with Crippen LogP contribution in [0.4, 0.5) is 0 Å². The van der Waals surface area contributed by atoms with Crippen molar-refractivity contribution < 1.29 is 0 Å². The molecule has 0 saturated heterocycles. The van der Waals surface area contributed by atoms with Gasteiger partial charge in [-0.3, -0.25) is 10.1 Å². The molecule has 0 fully saturated rings. The Kier molecular flexibility index (Phi) is 2.05. The van der Waals surface area contributed by atoms with Crippen LogP contribution in [0.25, 0.3) is 33.3 Å². The third kappa shape index (κ3) is 1.55. The summed E-state index contributed by atoms with van der Waals surface area (Å²) >= 11 is 0. The van der Waals surface area contributed by atoms with Gasteiger partial charge in [-0.25, -0.2) is 4.98 Å². The molecule has 5 heteroatoms. The van der Waals surface area contributed by atoms with Gasteiger partial charge in [0.05, 0.1) is 28.4 Å². The van der Waals surface area contributed by atoms with Gasteiger partial charge in [-0.05, 0) is 18.2 Å². The minimum Gasteiger partial charge on any atom is -0.258 e. The first-order valence-electron chi connectivity index (χ1n) is 5.94. The van der Waals surface area contributed by atoms with E-state index in [1.807, 2.05) is 42.5 Å². The van der Waals surface area contributed by atoms with E-state index >= 15 is 0 Å². The lowest BCUT2D eigenvalue weighted by molar-refractivity contribution is 0.959. The fourth-order valence-corrected chi connectivity index (χ4v) is 2.16. The van der Waals surface area contributed by atoms with E-state index in [0.29, 0.717) is 0 Å². The van der Waals surface area contributed by atoms with Gasteiger partial charge in [-0.15, -0.1) is 5.10 Å². The maximum absolute atomic E-state index is 4.63. The first-order valence-corrected chi connectivity index (χ1v) is 5.94. The predicted molar refractivity (Wildman–Crippen MR) is 72.4 cm³/mol. The van der Waals surface area contributed by atoms with Crippen LogP contribution in [0.1, 0.15) is 0 Å². The molecule has 0 amide bonds. The van der Waals surface area contributed by atoms with Gasteiger partial charge in [-0.2, -0.15) is 0 Å². The van der Waals surface area contributed by atoms with Crippen LogP contribution in [0, 0.1) is 0 Å². The van der Waals surface area contributed by atoms with E-state index in [9.17, 15) is 0 Å². The van der Waals surface area contributed by atoms with Crippen LogP contribution >= 0.6 is 0 Å². The lowest BCUT2D eigenvalue weighted by Crippen LogP contribution is -1.89. The lowest BCUT2D eigenvalue weighted by Gasteiger charge is -2.02. The van der Waals surface area contributed by atoms with Crippen molar-refractivity contribution in [2.24, 2.45) is 0 Å². The SMILES string of the molecule is c1ccc2nc(-c3cccc4[nH]nnc34)cnc2c1. The zero-order valence-corrected chi connectivity index (χ0v) is 9.91. The smallest absolute Gasteiger partial charge is 0.122 e. The number of nitrogens with zero attached hydrogens (tertiary/aromatic N) is 4. The Hall–Kier alpha value is -2.82. The van der Waals surface area contributed by atoms with E-state index in [1.165, 1.54) is 0 Å². The normalized spacial score (nSPS) is 11.2. The van der Waals surface area contributed by atoms with Crippen LogP contribution in [0.15, 0.2) is 48.7 Å². The Balaban J connectivity index is 2.01. The summed E-state index contributed by atoms with van der Waals surface area (Å²) < 4.78 is 0. The number of fused-ring (bicyclic) bond motifs is 2. The predicted octanol–water partition coefficient (Wildman–Crippen LogP) is 2.57. The van der Waals surface area contributed by atoms with Crippen molar-refractivity contribution in [2.75, 3.05) is 0 Å². The minimum absolute atomic E-state index is 0.804. The summed E-state index contributed by atoms with van der Waals surface area (Å²) in [6.07, 6.45) is 1.77. The number of hydrogen-bond donors (Lipinski definition) is 1. The van der Waals surface area contributed by atoms with Crippen molar-refractivity contribution in [1.29, 1.82) is 0 Å². The summed E-state index contributed by atoms with van der Waals surface area (Å²) in [5.74, 6) is 0. The van der Waals surface area contributed by atoms with Crippen LogP contribution < -0.4 is 0 Å². The number of benzene rings is 2. The number of nitrogens with one attached hydrogen (secondary N) is 1. The molecule has 0 atom stereocenters. The second-order valence-corrected chi connectivity index (χ2v) is 4.26. The van der Waals surface area contributed by atoms with E-state index in [0.717, 1.165) is 33.3 Å². The van der Waals surface area contributed by atoms with Crippen molar-refractivity contribution in [2.45, 2.75) is 0 Å². The molecular formula is C14H9N5. The average Bonchev–Trinajstić information content (AvgIpc) is 2.95. The third-order valence-corrected chi connectivity index (χ3v) is 3.08. The summed E-state index contributed by atoms with van der Waals surface area (Å²) in [7, 11) is 0. The first kappa shape index (κ1) is 10.1. The number of aromatic nitrogens is 5. The second-order valence-electron chi connectivity index (χ2n) is 4.26. The molecule has 0 unspecified atom stereocenters. The summed E-state index contributed by atoms with van der Waals surface area (Å²) in [4.78, 5) is 9.06. The third-order valence-electron chi connectivity index (χ3n) is 3.08. The van der Waals surface area contributed by atoms with Gasteiger partial charge in [-0.1, -0.05) is 29.5 Å². The topological polar surface area (TPSA) is 67.3 Å². The molecule has 0 aliphatic rings. The maximum Gasteiger partial charge on any atom is 0.122 e. The Bertz CT molecular complexity index is 881. The highest BCUT2D eigenvalue weighted by Crippen LogP contribution is 2.24. The van der Waals surface area contributed by atoms with E-state index in [2.05, 4.69) is 25.4 Å². The second kappa shape index (κ2) is 3.84. The molecule has 19 heavy (non-hydrogen) atoms. The highest BCUT2D eigenvalue weighted by Gasteiger charge is 2.08. The van der Waals surface area contributed by atoms with Gasteiger partial charge < -0.3 is 0 Å². The molecule has 2 heterocycles. The van der Waals surface area contributed by atoms with Crippen molar-refractivity contribution >= 4 is 22.1 Å². The molecule has 4 rings (SSSR count). The summed E-state index contributed by atoms with van der Waals surface area (Å²) in [5, 5.41) is 10.8. The van der Waals surface area contributed by atoms with Gasteiger partial charge in [0.2, 0.25) is 0 Å². The quantitative estimate of drug-likeness (QED) is 0.561. The van der Waals surface area contributed by atoms with Crippen LogP contribution in [-0.2, 0) is 0 Å². The van der Waals surface area contributed by atoms with Crippen LogP contribution in [0.5, 0.6) is 0 Å². The molecule has 0 aliphatic heterocycles. The highest BCUT2D eigenvalue weighted by molar-refractivity contribution is 5.91. The van der Waals surface area contributed by atoms with Gasteiger partial charge >= 0.3 is 0 Å². The molecule has 0 bridgehead atoms. The molecule has 2 aromatic heterocycles. The van der Waals surface area contributed by atoms with E-state index in [-0.39, 0.29) is 0 Å². The van der Waals surface area contributed by atoms with Crippen LogP contribution in [0.3, 0.4) is 0 Å². The molecule has 5 nitrogen and oxygen atoms in total. The van der Waals surface area contributed by atoms with Gasteiger partial charge in [0.1, 0.15) is 5.52 Å². The van der Waals surface area contributed by atoms with Crippen LogP contribution in [-0.4, -0.2) is 25.4 Å². The van der Waals surface area contributed by atoms with E-state index in [4.69, 9.17) is 0 Å². The van der Waals surface area contributed by atoms with E-state index < -0.39 is 0 Å². The summed E-state index contributed by atoms with van der Waals surface area (Å²) in [5.41, 5.74) is 5.21. The Morgan fingerprint density at radius 2 is 1.79 bits per heavy atom. The Morgan fingerprint density at radius 3 is 2.74 bits per heavy atom. The number of para-hydroxylation sites is 2. The average molecular weight is 247 g/mol. The molecule has 90 valence electrons. The fraction of sp³-hybridized carbons (Fsp3) is 0. The number of rotatable bonds is 1. The van der Waals surface area contributed by atoms with Crippen molar-refractivity contribution in [1.82, 2.24) is 25.4 Å². The zero-order valence-electron chi connectivity index (χ0n) is 9.91. The molecule has 1 N–H and O–H groups in total. The number of aromatic amines is 1. The lowest BCUT2D eigenvalue weighted by atomic mass is 10.1. The first-order chi connectivity index (χ1) is 9.42. The number of H-pyrrole nitrogens is 1. The van der Waals surface area contributed by atoms with Crippen molar-refractivity contribution in [3.8, 4) is 11.3 Å². The molecule has 0 aliphatic carbocycles. The summed E-state index contributed by atoms with van der Waals surface area (Å²) in [6, 6.07) is 13.7. The Morgan fingerprint density at radius 1 is 0.895 bits per heavy atom. The van der Waals surface area contributed by atoms with Crippen LogP contribution in [0.2, 0.25) is 0 Å². The monoisotopic (exact) mass is 247 g/mol. The largest absolute Gasteiger partial charge is 0.258 e. The van der Waals surface area contributed by atoms with Gasteiger partial charge in [0.25, 0.3) is 0 Å². The molecule has 4 aromatic rings.